The van der Waals surface area contributed by atoms with E-state index in [0.29, 0.717) is 11.3 Å². The molecule has 1 unspecified atom stereocenters. The zero-order valence-corrected chi connectivity index (χ0v) is 13.0. The molecular weight excluding hydrogens is 252 g/mol. The second-order valence-electron chi connectivity index (χ2n) is 6.83. The van der Waals surface area contributed by atoms with Gasteiger partial charge in [0.2, 0.25) is 0 Å². The van der Waals surface area contributed by atoms with E-state index in [2.05, 4.69) is 12.2 Å². The van der Waals surface area contributed by atoms with Gasteiger partial charge in [-0.2, -0.15) is 0 Å². The van der Waals surface area contributed by atoms with Gasteiger partial charge in [-0.1, -0.05) is 19.8 Å². The monoisotopic (exact) mass is 282 g/mol. The molecule has 0 aromatic carbocycles. The van der Waals surface area contributed by atoms with Gasteiger partial charge in [-0.15, -0.1) is 0 Å². The number of rotatable bonds is 5. The largest absolute Gasteiger partial charge is 0.393 e. The summed E-state index contributed by atoms with van der Waals surface area (Å²) in [5, 5.41) is 12.7. The van der Waals surface area contributed by atoms with Crippen LogP contribution in [-0.2, 0) is 0 Å². The Morgan fingerprint density at radius 3 is 2.50 bits per heavy atom. The molecule has 0 aromatic rings. The molecule has 1 saturated heterocycles. The van der Waals surface area contributed by atoms with Crippen LogP contribution in [0.2, 0.25) is 0 Å². The number of carbonyl (C=O) groups excluding carboxylic acids is 1. The van der Waals surface area contributed by atoms with Gasteiger partial charge in [-0.3, -0.25) is 0 Å². The Hall–Kier alpha value is -0.770. The molecule has 4 nitrogen and oxygen atoms in total. The molecule has 2 rings (SSSR count). The minimum absolute atomic E-state index is 0.0939. The van der Waals surface area contributed by atoms with Gasteiger partial charge in [0, 0.05) is 19.6 Å². The topological polar surface area (TPSA) is 52.6 Å². The summed E-state index contributed by atoms with van der Waals surface area (Å²) in [6.07, 6.45) is 7.89. The van der Waals surface area contributed by atoms with Crippen molar-refractivity contribution in [2.45, 2.75) is 64.9 Å². The Labute approximate surface area is 122 Å². The molecule has 1 aliphatic carbocycles. The number of carbonyl (C=O) groups is 1. The standard InChI is InChI=1S/C16H30N2O2/c1-3-7-16(8-4-9-16)12-17-15(20)18-10-5-14(6-11-18)13(2)19/h13-14,19H,3-12H2,1-2H3,(H,17,20). The maximum Gasteiger partial charge on any atom is 0.317 e. The lowest BCUT2D eigenvalue weighted by Gasteiger charge is -2.43. The number of aliphatic hydroxyl groups is 1. The second-order valence-corrected chi connectivity index (χ2v) is 6.83. The normalized spacial score (nSPS) is 24.1. The van der Waals surface area contributed by atoms with Gasteiger partial charge >= 0.3 is 6.03 Å². The van der Waals surface area contributed by atoms with Gasteiger partial charge in [-0.25, -0.2) is 4.79 Å². The van der Waals surface area contributed by atoms with E-state index < -0.39 is 0 Å². The highest BCUT2D eigenvalue weighted by atomic mass is 16.3. The van der Waals surface area contributed by atoms with Crippen LogP contribution in [0.5, 0.6) is 0 Å². The van der Waals surface area contributed by atoms with E-state index in [1.165, 1.54) is 32.1 Å². The van der Waals surface area contributed by atoms with E-state index in [0.717, 1.165) is 32.5 Å². The van der Waals surface area contributed by atoms with Crippen molar-refractivity contribution in [2.24, 2.45) is 11.3 Å². The molecule has 1 saturated carbocycles. The van der Waals surface area contributed by atoms with Crippen LogP contribution in [0.1, 0.15) is 58.8 Å². The fraction of sp³-hybridized carbons (Fsp3) is 0.938. The first-order chi connectivity index (χ1) is 9.56. The van der Waals surface area contributed by atoms with Gasteiger partial charge in [-0.05, 0) is 50.4 Å². The lowest BCUT2D eigenvalue weighted by atomic mass is 9.66. The number of aliphatic hydroxyl groups excluding tert-OH is 1. The number of hydrogen-bond acceptors (Lipinski definition) is 2. The van der Waals surface area contributed by atoms with Crippen molar-refractivity contribution in [3.05, 3.63) is 0 Å². The van der Waals surface area contributed by atoms with E-state index in [-0.39, 0.29) is 12.1 Å². The van der Waals surface area contributed by atoms with Crippen LogP contribution in [0.15, 0.2) is 0 Å². The number of nitrogens with one attached hydrogen (secondary N) is 1. The molecule has 116 valence electrons. The van der Waals surface area contributed by atoms with Gasteiger partial charge in [0.25, 0.3) is 0 Å². The molecule has 20 heavy (non-hydrogen) atoms. The summed E-state index contributed by atoms with van der Waals surface area (Å²) in [6, 6.07) is 0.0939. The average molecular weight is 282 g/mol. The van der Waals surface area contributed by atoms with Crippen molar-refractivity contribution in [3.8, 4) is 0 Å². The molecule has 0 bridgehead atoms. The minimum atomic E-state index is -0.247. The predicted octanol–water partition coefficient (Wildman–Crippen LogP) is 2.76. The third kappa shape index (κ3) is 3.66. The lowest BCUT2D eigenvalue weighted by Crippen LogP contribution is -2.49. The van der Waals surface area contributed by atoms with Gasteiger partial charge in [0.15, 0.2) is 0 Å². The SMILES string of the molecule is CCCC1(CNC(=O)N2CCC(C(C)O)CC2)CCC1. The third-order valence-corrected chi connectivity index (χ3v) is 5.32. The molecule has 1 heterocycles. The molecule has 0 radical (unpaired) electrons. The molecule has 0 spiro atoms. The molecular formula is C16H30N2O2. The molecule has 2 fully saturated rings. The van der Waals surface area contributed by atoms with E-state index in [9.17, 15) is 9.90 Å². The first kappa shape index (κ1) is 15.6. The highest BCUT2D eigenvalue weighted by molar-refractivity contribution is 5.74. The maximum atomic E-state index is 12.2. The summed E-state index contributed by atoms with van der Waals surface area (Å²) in [6.45, 7) is 6.48. The second kappa shape index (κ2) is 6.79. The minimum Gasteiger partial charge on any atom is -0.393 e. The van der Waals surface area contributed by atoms with Crippen LogP contribution in [-0.4, -0.2) is 41.8 Å². The Morgan fingerprint density at radius 2 is 2.05 bits per heavy atom. The van der Waals surface area contributed by atoms with Crippen LogP contribution in [0, 0.1) is 11.3 Å². The Morgan fingerprint density at radius 1 is 1.40 bits per heavy atom. The van der Waals surface area contributed by atoms with Crippen molar-refractivity contribution < 1.29 is 9.90 Å². The van der Waals surface area contributed by atoms with Crippen LogP contribution in [0.25, 0.3) is 0 Å². The summed E-state index contributed by atoms with van der Waals surface area (Å²) >= 11 is 0. The van der Waals surface area contributed by atoms with Crippen LogP contribution in [0.3, 0.4) is 0 Å². The molecule has 2 aliphatic rings. The molecule has 2 N–H and O–H groups in total. The van der Waals surface area contributed by atoms with Gasteiger partial charge < -0.3 is 15.3 Å². The number of nitrogens with zero attached hydrogens (tertiary/aromatic N) is 1. The maximum absolute atomic E-state index is 12.2. The molecule has 4 heteroatoms. The van der Waals surface area contributed by atoms with E-state index in [1.54, 1.807) is 0 Å². The van der Waals surface area contributed by atoms with Crippen molar-refractivity contribution in [1.82, 2.24) is 10.2 Å². The number of hydrogen-bond donors (Lipinski definition) is 2. The summed E-state index contributed by atoms with van der Waals surface area (Å²) in [5.74, 6) is 0.358. The van der Waals surface area contributed by atoms with Crippen molar-refractivity contribution in [1.29, 1.82) is 0 Å². The highest BCUT2D eigenvalue weighted by Crippen LogP contribution is 2.44. The number of likely N-dealkylation sites (tertiary alicyclic amines) is 1. The number of piperidine rings is 1. The van der Waals surface area contributed by atoms with E-state index in [1.807, 2.05) is 11.8 Å². The van der Waals surface area contributed by atoms with Crippen molar-refractivity contribution >= 4 is 6.03 Å². The Bertz CT molecular complexity index is 318. The zero-order valence-electron chi connectivity index (χ0n) is 13.0. The predicted molar refractivity (Wildman–Crippen MR) is 80.6 cm³/mol. The smallest absolute Gasteiger partial charge is 0.317 e. The third-order valence-electron chi connectivity index (χ3n) is 5.32. The van der Waals surface area contributed by atoms with Crippen LogP contribution in [0.4, 0.5) is 4.79 Å². The van der Waals surface area contributed by atoms with Crippen molar-refractivity contribution in [3.63, 3.8) is 0 Å². The molecule has 1 aliphatic heterocycles. The number of amides is 2. The van der Waals surface area contributed by atoms with E-state index in [4.69, 9.17) is 0 Å². The number of urea groups is 1. The lowest BCUT2D eigenvalue weighted by molar-refractivity contribution is 0.0762. The molecule has 1 atom stereocenters. The zero-order chi connectivity index (χ0) is 14.6. The summed E-state index contributed by atoms with van der Waals surface area (Å²) < 4.78 is 0. The van der Waals surface area contributed by atoms with Crippen molar-refractivity contribution in [2.75, 3.05) is 19.6 Å². The Balaban J connectivity index is 1.73. The summed E-state index contributed by atoms with van der Waals surface area (Å²) in [4.78, 5) is 14.1. The molecule has 2 amide bonds. The Kier molecular flexibility index (Phi) is 5.30. The van der Waals surface area contributed by atoms with Crippen LogP contribution < -0.4 is 5.32 Å². The summed E-state index contributed by atoms with van der Waals surface area (Å²) in [7, 11) is 0. The fourth-order valence-electron chi connectivity index (χ4n) is 3.68. The van der Waals surface area contributed by atoms with Gasteiger partial charge in [0.05, 0.1) is 6.10 Å². The van der Waals surface area contributed by atoms with Crippen LogP contribution >= 0.6 is 0 Å². The summed E-state index contributed by atoms with van der Waals surface area (Å²) in [5.41, 5.74) is 0.391. The van der Waals surface area contributed by atoms with Gasteiger partial charge in [0.1, 0.15) is 0 Å². The first-order valence-electron chi connectivity index (χ1n) is 8.27. The first-order valence-corrected chi connectivity index (χ1v) is 8.27. The average Bonchev–Trinajstić information content (AvgIpc) is 2.41. The quantitative estimate of drug-likeness (QED) is 0.814. The fourth-order valence-corrected chi connectivity index (χ4v) is 3.68. The van der Waals surface area contributed by atoms with E-state index >= 15 is 0 Å². The highest BCUT2D eigenvalue weighted by Gasteiger charge is 2.36. The molecule has 0 aromatic heterocycles.